The largest absolute Gasteiger partial charge is 0.437 e. The molecule has 0 N–H and O–H groups in total. The number of pyridine rings is 1. The molecule has 2 aromatic carbocycles. The molecular weight excluding hydrogens is 408 g/mol. The van der Waals surface area contributed by atoms with E-state index in [2.05, 4.69) is 19.9 Å². The average molecular weight is 424 g/mol. The van der Waals surface area contributed by atoms with E-state index in [1.165, 1.54) is 11.3 Å². The van der Waals surface area contributed by atoms with E-state index in [1.54, 1.807) is 42.9 Å². The van der Waals surface area contributed by atoms with Crippen molar-refractivity contribution in [2.45, 2.75) is 6.92 Å². The van der Waals surface area contributed by atoms with Crippen molar-refractivity contribution in [3.05, 3.63) is 95.5 Å². The second-order valence-corrected chi connectivity index (χ2v) is 7.87. The summed E-state index contributed by atoms with van der Waals surface area (Å²) >= 11 is 1.39. The topological polar surface area (TPSA) is 77.9 Å². The van der Waals surface area contributed by atoms with Crippen LogP contribution in [0.2, 0.25) is 0 Å². The summed E-state index contributed by atoms with van der Waals surface area (Å²) in [6.07, 6.45) is 4.93. The first-order valence-corrected chi connectivity index (χ1v) is 10.4. The van der Waals surface area contributed by atoms with Crippen molar-refractivity contribution in [2.75, 3.05) is 0 Å². The number of nitrogens with zero attached hydrogens (tertiary/aromatic N) is 4. The third-order valence-electron chi connectivity index (χ3n) is 4.65. The number of rotatable bonds is 5. The summed E-state index contributed by atoms with van der Waals surface area (Å²) < 4.78 is 6.97. The van der Waals surface area contributed by atoms with E-state index < -0.39 is 0 Å². The van der Waals surface area contributed by atoms with Crippen molar-refractivity contribution in [3.8, 4) is 22.9 Å². The molecule has 0 saturated heterocycles. The molecule has 7 heteroatoms. The molecule has 6 nitrogen and oxygen atoms in total. The molecule has 5 aromatic rings. The maximum absolute atomic E-state index is 12.8. The SMILES string of the molecule is Cc1cc(-c2nccnc2Oc2ccc(C(=O)c3nc4ccccc4s3)cc2)ccn1. The van der Waals surface area contributed by atoms with Crippen LogP contribution < -0.4 is 4.74 Å². The van der Waals surface area contributed by atoms with Crippen LogP contribution in [-0.2, 0) is 0 Å². The van der Waals surface area contributed by atoms with Gasteiger partial charge >= 0.3 is 0 Å². The molecular formula is C24H16N4O2S. The fourth-order valence-corrected chi connectivity index (χ4v) is 4.10. The van der Waals surface area contributed by atoms with E-state index in [0.29, 0.717) is 27.9 Å². The number of aromatic nitrogens is 4. The van der Waals surface area contributed by atoms with Gasteiger partial charge in [-0.15, -0.1) is 11.3 Å². The first-order valence-electron chi connectivity index (χ1n) is 9.59. The Hall–Kier alpha value is -3.97. The zero-order valence-corrected chi connectivity index (χ0v) is 17.3. The number of carbonyl (C=O) groups is 1. The molecule has 0 aliphatic rings. The van der Waals surface area contributed by atoms with Gasteiger partial charge in [0, 0.05) is 35.4 Å². The Bertz CT molecular complexity index is 1360. The van der Waals surface area contributed by atoms with Crippen molar-refractivity contribution in [1.82, 2.24) is 19.9 Å². The van der Waals surface area contributed by atoms with Gasteiger partial charge in [0.15, 0.2) is 5.01 Å². The number of thiazole rings is 1. The summed E-state index contributed by atoms with van der Waals surface area (Å²) in [6, 6.07) is 18.5. The van der Waals surface area contributed by atoms with E-state index in [1.807, 2.05) is 43.3 Å². The van der Waals surface area contributed by atoms with Gasteiger partial charge in [-0.2, -0.15) is 0 Å². The normalized spacial score (nSPS) is 10.9. The predicted molar refractivity (Wildman–Crippen MR) is 120 cm³/mol. The molecule has 0 aliphatic heterocycles. The van der Waals surface area contributed by atoms with Gasteiger partial charge in [-0.25, -0.2) is 15.0 Å². The van der Waals surface area contributed by atoms with Gasteiger partial charge in [0.2, 0.25) is 11.7 Å². The minimum absolute atomic E-state index is 0.111. The number of hydrogen-bond donors (Lipinski definition) is 0. The number of fused-ring (bicyclic) bond motifs is 1. The highest BCUT2D eigenvalue weighted by molar-refractivity contribution is 7.20. The van der Waals surface area contributed by atoms with Gasteiger partial charge in [0.05, 0.1) is 10.2 Å². The third kappa shape index (κ3) is 3.91. The monoisotopic (exact) mass is 424 g/mol. The van der Waals surface area contributed by atoms with Gasteiger partial charge in [-0.3, -0.25) is 9.78 Å². The highest BCUT2D eigenvalue weighted by Crippen LogP contribution is 2.30. The summed E-state index contributed by atoms with van der Waals surface area (Å²) in [4.78, 5) is 30.2. The quantitative estimate of drug-likeness (QED) is 0.348. The van der Waals surface area contributed by atoms with Crippen molar-refractivity contribution < 1.29 is 9.53 Å². The molecule has 150 valence electrons. The second-order valence-electron chi connectivity index (χ2n) is 6.84. The van der Waals surface area contributed by atoms with Crippen molar-refractivity contribution in [1.29, 1.82) is 0 Å². The van der Waals surface area contributed by atoms with E-state index in [0.717, 1.165) is 21.5 Å². The molecule has 0 radical (unpaired) electrons. The fourth-order valence-electron chi connectivity index (χ4n) is 3.17. The molecule has 3 aromatic heterocycles. The zero-order valence-electron chi connectivity index (χ0n) is 16.5. The Morgan fingerprint density at radius 2 is 1.71 bits per heavy atom. The number of ketones is 1. The van der Waals surface area contributed by atoms with Gasteiger partial charge in [0.1, 0.15) is 11.4 Å². The lowest BCUT2D eigenvalue weighted by atomic mass is 10.1. The maximum Gasteiger partial charge on any atom is 0.246 e. The highest BCUT2D eigenvalue weighted by Gasteiger charge is 2.15. The minimum Gasteiger partial charge on any atom is -0.437 e. The third-order valence-corrected chi connectivity index (χ3v) is 5.69. The Kier molecular flexibility index (Phi) is 4.93. The lowest BCUT2D eigenvalue weighted by molar-refractivity contribution is 0.103. The molecule has 0 spiro atoms. The van der Waals surface area contributed by atoms with Crippen molar-refractivity contribution in [3.63, 3.8) is 0 Å². The van der Waals surface area contributed by atoms with Crippen molar-refractivity contribution in [2.24, 2.45) is 0 Å². The molecule has 0 unspecified atom stereocenters. The van der Waals surface area contributed by atoms with Crippen LogP contribution >= 0.6 is 11.3 Å². The standard InChI is InChI=1S/C24H16N4O2S/c1-15-14-17(10-11-25-15)21-23(27-13-12-26-21)30-18-8-6-16(7-9-18)22(29)24-28-19-4-2-3-5-20(19)31-24/h2-14H,1H3. The molecule has 0 fully saturated rings. The van der Waals surface area contributed by atoms with Crippen LogP contribution in [0, 0.1) is 6.92 Å². The Balaban J connectivity index is 1.39. The van der Waals surface area contributed by atoms with Gasteiger partial charge < -0.3 is 4.74 Å². The summed E-state index contributed by atoms with van der Waals surface area (Å²) in [5, 5.41) is 0.471. The number of ether oxygens (including phenoxy) is 1. The molecule has 3 heterocycles. The maximum atomic E-state index is 12.8. The van der Waals surface area contributed by atoms with Crippen molar-refractivity contribution >= 4 is 27.3 Å². The number of hydrogen-bond acceptors (Lipinski definition) is 7. The van der Waals surface area contributed by atoms with Gasteiger partial charge in [-0.05, 0) is 55.5 Å². The van der Waals surface area contributed by atoms with Gasteiger partial charge in [-0.1, -0.05) is 12.1 Å². The number of aryl methyl sites for hydroxylation is 1. The first-order chi connectivity index (χ1) is 15.2. The summed E-state index contributed by atoms with van der Waals surface area (Å²) in [6.45, 7) is 1.92. The van der Waals surface area contributed by atoms with E-state index in [9.17, 15) is 4.79 Å². The highest BCUT2D eigenvalue weighted by atomic mass is 32.1. The van der Waals surface area contributed by atoms with Crippen LogP contribution in [0.3, 0.4) is 0 Å². The van der Waals surface area contributed by atoms with Crippen LogP contribution in [0.15, 0.2) is 79.3 Å². The molecule has 0 bridgehead atoms. The first kappa shape index (κ1) is 19.0. The van der Waals surface area contributed by atoms with E-state index in [4.69, 9.17) is 4.74 Å². The summed E-state index contributed by atoms with van der Waals surface area (Å²) in [5.74, 6) is 0.840. The lowest BCUT2D eigenvalue weighted by Gasteiger charge is -2.09. The average Bonchev–Trinajstić information content (AvgIpc) is 3.24. The van der Waals surface area contributed by atoms with Crippen LogP contribution in [0.4, 0.5) is 0 Å². The smallest absolute Gasteiger partial charge is 0.246 e. The Labute approximate surface area is 182 Å². The van der Waals surface area contributed by atoms with Crippen LogP contribution in [0.5, 0.6) is 11.6 Å². The van der Waals surface area contributed by atoms with Crippen LogP contribution in [0.25, 0.3) is 21.5 Å². The molecule has 0 atom stereocenters. The number of benzene rings is 2. The molecule has 0 saturated carbocycles. The summed E-state index contributed by atoms with van der Waals surface area (Å²) in [5.41, 5.74) is 3.76. The molecule has 0 aliphatic carbocycles. The molecule has 0 amide bonds. The second kappa shape index (κ2) is 8.04. The Morgan fingerprint density at radius 1 is 0.903 bits per heavy atom. The number of para-hydroxylation sites is 1. The zero-order chi connectivity index (χ0) is 21.2. The van der Waals surface area contributed by atoms with Crippen LogP contribution in [0.1, 0.15) is 21.1 Å². The molecule has 31 heavy (non-hydrogen) atoms. The number of carbonyl (C=O) groups excluding carboxylic acids is 1. The van der Waals surface area contributed by atoms with Gasteiger partial charge in [0.25, 0.3) is 0 Å². The minimum atomic E-state index is -0.111. The fraction of sp³-hybridized carbons (Fsp3) is 0.0417. The Morgan fingerprint density at radius 3 is 2.52 bits per heavy atom. The van der Waals surface area contributed by atoms with E-state index >= 15 is 0 Å². The lowest BCUT2D eigenvalue weighted by Crippen LogP contribution is -2.00. The predicted octanol–water partition coefficient (Wildman–Crippen LogP) is 5.48. The van der Waals surface area contributed by atoms with Crippen LogP contribution in [-0.4, -0.2) is 25.7 Å². The molecule has 5 rings (SSSR count). The van der Waals surface area contributed by atoms with E-state index in [-0.39, 0.29) is 5.78 Å². The summed E-state index contributed by atoms with van der Waals surface area (Å²) in [7, 11) is 0.